The number of hydrogen-bond donors (Lipinski definition) is 3. The topological polar surface area (TPSA) is 82.2 Å². The standard InChI is InChI=1S/C17H13FN2O3/c18-11-5-3-4-10(8-11)9-19-16(22)14-15(21)12-6-1-2-7-13(12)20-17(14)23/h1-8H,9H2,(H,19,22)(H2,20,21,23). The Kier molecular flexibility index (Phi) is 3.80. The largest absolute Gasteiger partial charge is 0.506 e. The van der Waals surface area contributed by atoms with Gasteiger partial charge in [0.05, 0.1) is 5.52 Å². The Morgan fingerprint density at radius 3 is 2.74 bits per heavy atom. The van der Waals surface area contributed by atoms with E-state index in [1.54, 1.807) is 30.3 Å². The molecule has 5 nitrogen and oxygen atoms in total. The van der Waals surface area contributed by atoms with E-state index in [-0.39, 0.29) is 17.9 Å². The number of hydrogen-bond acceptors (Lipinski definition) is 3. The van der Waals surface area contributed by atoms with Crippen LogP contribution in [-0.2, 0) is 6.54 Å². The highest BCUT2D eigenvalue weighted by Gasteiger charge is 2.18. The van der Waals surface area contributed by atoms with Crippen LogP contribution in [0.3, 0.4) is 0 Å². The Labute approximate surface area is 130 Å². The van der Waals surface area contributed by atoms with Crippen LogP contribution in [0.1, 0.15) is 15.9 Å². The molecule has 0 saturated carbocycles. The number of carbonyl (C=O) groups excluding carboxylic acids is 1. The van der Waals surface area contributed by atoms with Gasteiger partial charge >= 0.3 is 0 Å². The van der Waals surface area contributed by atoms with Crippen molar-refractivity contribution < 1.29 is 14.3 Å². The number of amides is 1. The van der Waals surface area contributed by atoms with Gasteiger partial charge in [-0.1, -0.05) is 24.3 Å². The van der Waals surface area contributed by atoms with E-state index in [9.17, 15) is 19.1 Å². The molecule has 0 unspecified atom stereocenters. The van der Waals surface area contributed by atoms with Gasteiger partial charge in [-0.05, 0) is 29.8 Å². The van der Waals surface area contributed by atoms with E-state index in [4.69, 9.17) is 0 Å². The highest BCUT2D eigenvalue weighted by atomic mass is 19.1. The van der Waals surface area contributed by atoms with Crippen LogP contribution in [0.5, 0.6) is 5.75 Å². The number of fused-ring (bicyclic) bond motifs is 1. The molecule has 116 valence electrons. The molecule has 6 heteroatoms. The second-order valence-electron chi connectivity index (χ2n) is 5.04. The first-order chi connectivity index (χ1) is 11.1. The van der Waals surface area contributed by atoms with Crippen LogP contribution in [0, 0.1) is 5.82 Å². The zero-order valence-corrected chi connectivity index (χ0v) is 12.0. The lowest BCUT2D eigenvalue weighted by Gasteiger charge is -2.08. The molecular formula is C17H13FN2O3. The molecule has 1 heterocycles. The maximum Gasteiger partial charge on any atom is 0.265 e. The summed E-state index contributed by atoms with van der Waals surface area (Å²) in [6.07, 6.45) is 0. The van der Waals surface area contributed by atoms with Gasteiger partial charge in [-0.15, -0.1) is 0 Å². The van der Waals surface area contributed by atoms with Crippen molar-refractivity contribution in [3.63, 3.8) is 0 Å². The number of aromatic nitrogens is 1. The number of aromatic hydroxyl groups is 1. The zero-order valence-electron chi connectivity index (χ0n) is 12.0. The lowest BCUT2D eigenvalue weighted by molar-refractivity contribution is 0.0947. The molecule has 23 heavy (non-hydrogen) atoms. The number of para-hydroxylation sites is 1. The summed E-state index contributed by atoms with van der Waals surface area (Å²) < 4.78 is 13.1. The number of rotatable bonds is 3. The normalized spacial score (nSPS) is 10.7. The van der Waals surface area contributed by atoms with Gasteiger partial charge in [0.2, 0.25) is 0 Å². The van der Waals surface area contributed by atoms with Gasteiger partial charge in [0.15, 0.2) is 0 Å². The predicted molar refractivity (Wildman–Crippen MR) is 83.8 cm³/mol. The van der Waals surface area contributed by atoms with Crippen molar-refractivity contribution in [2.75, 3.05) is 0 Å². The SMILES string of the molecule is O=C(NCc1cccc(F)c1)c1c(O)c2ccccc2[nH]c1=O. The second-order valence-corrected chi connectivity index (χ2v) is 5.04. The first kappa shape index (κ1) is 14.8. The average molecular weight is 312 g/mol. The van der Waals surface area contributed by atoms with E-state index in [0.717, 1.165) is 0 Å². The molecule has 0 aliphatic rings. The highest BCUT2D eigenvalue weighted by Crippen LogP contribution is 2.24. The predicted octanol–water partition coefficient (Wildman–Crippen LogP) is 2.30. The molecule has 1 aromatic heterocycles. The minimum absolute atomic E-state index is 0.0439. The first-order valence-electron chi connectivity index (χ1n) is 6.93. The molecule has 0 radical (unpaired) electrons. The minimum atomic E-state index is -0.723. The summed E-state index contributed by atoms with van der Waals surface area (Å²) in [5.41, 5.74) is -0.0511. The average Bonchev–Trinajstić information content (AvgIpc) is 2.53. The van der Waals surface area contributed by atoms with E-state index in [1.165, 1.54) is 18.2 Å². The van der Waals surface area contributed by atoms with Gasteiger partial charge in [-0.25, -0.2) is 4.39 Å². The second kappa shape index (κ2) is 5.92. The fourth-order valence-corrected chi connectivity index (χ4v) is 2.35. The van der Waals surface area contributed by atoms with Gasteiger partial charge in [0, 0.05) is 11.9 Å². The van der Waals surface area contributed by atoms with E-state index in [0.29, 0.717) is 16.5 Å². The molecule has 0 aliphatic heterocycles. The minimum Gasteiger partial charge on any atom is -0.506 e. The third kappa shape index (κ3) is 2.91. The van der Waals surface area contributed by atoms with Gasteiger partial charge in [-0.2, -0.15) is 0 Å². The lowest BCUT2D eigenvalue weighted by Crippen LogP contribution is -2.29. The van der Waals surface area contributed by atoms with Gasteiger partial charge in [-0.3, -0.25) is 9.59 Å². The fraction of sp³-hybridized carbons (Fsp3) is 0.0588. The molecule has 3 N–H and O–H groups in total. The Bertz CT molecular complexity index is 950. The zero-order chi connectivity index (χ0) is 16.4. The number of aromatic amines is 1. The summed E-state index contributed by atoms with van der Waals surface area (Å²) in [6.45, 7) is 0.0439. The molecule has 0 spiro atoms. The number of halogens is 1. The number of pyridine rings is 1. The summed E-state index contributed by atoms with van der Waals surface area (Å²) >= 11 is 0. The summed E-state index contributed by atoms with van der Waals surface area (Å²) in [5.74, 6) is -1.51. The van der Waals surface area contributed by atoms with Crippen molar-refractivity contribution in [1.82, 2.24) is 10.3 Å². The molecule has 0 saturated heterocycles. The Hall–Kier alpha value is -3.15. The van der Waals surface area contributed by atoms with Crippen LogP contribution >= 0.6 is 0 Å². The van der Waals surface area contributed by atoms with Gasteiger partial charge in [0.25, 0.3) is 11.5 Å². The molecule has 2 aromatic carbocycles. The third-order valence-electron chi connectivity index (χ3n) is 3.46. The molecule has 3 rings (SSSR count). The van der Waals surface area contributed by atoms with Crippen molar-refractivity contribution >= 4 is 16.8 Å². The summed E-state index contributed by atoms with van der Waals surface area (Å²) in [4.78, 5) is 26.8. The summed E-state index contributed by atoms with van der Waals surface area (Å²) in [6, 6.07) is 12.4. The van der Waals surface area contributed by atoms with Crippen LogP contribution in [0.4, 0.5) is 4.39 Å². The Morgan fingerprint density at radius 2 is 1.96 bits per heavy atom. The summed E-state index contributed by atoms with van der Waals surface area (Å²) in [5, 5.41) is 13.1. The lowest BCUT2D eigenvalue weighted by atomic mass is 10.1. The van der Waals surface area contributed by atoms with Crippen LogP contribution in [-0.4, -0.2) is 16.0 Å². The van der Waals surface area contributed by atoms with Crippen molar-refractivity contribution in [2.24, 2.45) is 0 Å². The first-order valence-corrected chi connectivity index (χ1v) is 6.93. The van der Waals surface area contributed by atoms with Gasteiger partial charge in [0.1, 0.15) is 17.1 Å². The number of H-pyrrole nitrogens is 1. The molecule has 0 bridgehead atoms. The van der Waals surface area contributed by atoms with Crippen molar-refractivity contribution in [3.05, 3.63) is 75.8 Å². The maximum absolute atomic E-state index is 13.1. The quantitative estimate of drug-likeness (QED) is 0.694. The van der Waals surface area contributed by atoms with Crippen LogP contribution in [0.15, 0.2) is 53.3 Å². The fourth-order valence-electron chi connectivity index (χ4n) is 2.35. The van der Waals surface area contributed by atoms with Crippen molar-refractivity contribution in [1.29, 1.82) is 0 Å². The van der Waals surface area contributed by atoms with E-state index in [2.05, 4.69) is 10.3 Å². The van der Waals surface area contributed by atoms with E-state index in [1.807, 2.05) is 0 Å². The third-order valence-corrected chi connectivity index (χ3v) is 3.46. The van der Waals surface area contributed by atoms with Crippen molar-refractivity contribution in [3.8, 4) is 5.75 Å². The Balaban J connectivity index is 1.90. The Morgan fingerprint density at radius 1 is 1.17 bits per heavy atom. The van der Waals surface area contributed by atoms with Crippen LogP contribution in [0.2, 0.25) is 0 Å². The smallest absolute Gasteiger partial charge is 0.265 e. The highest BCUT2D eigenvalue weighted by molar-refractivity contribution is 6.01. The molecule has 1 amide bonds. The van der Waals surface area contributed by atoms with Gasteiger partial charge < -0.3 is 15.4 Å². The van der Waals surface area contributed by atoms with E-state index < -0.39 is 17.3 Å². The molecule has 0 atom stereocenters. The number of carbonyl (C=O) groups is 1. The maximum atomic E-state index is 13.1. The molecular weight excluding hydrogens is 299 g/mol. The number of benzene rings is 2. The summed E-state index contributed by atoms with van der Waals surface area (Å²) in [7, 11) is 0. The van der Waals surface area contributed by atoms with E-state index >= 15 is 0 Å². The number of nitrogens with one attached hydrogen (secondary N) is 2. The van der Waals surface area contributed by atoms with Crippen LogP contribution < -0.4 is 10.9 Å². The molecule has 0 fully saturated rings. The molecule has 3 aromatic rings. The molecule has 0 aliphatic carbocycles. The van der Waals surface area contributed by atoms with Crippen LogP contribution in [0.25, 0.3) is 10.9 Å². The monoisotopic (exact) mass is 312 g/mol. The van der Waals surface area contributed by atoms with Crippen molar-refractivity contribution in [2.45, 2.75) is 6.54 Å².